The molecule has 0 unspecified atom stereocenters. The van der Waals surface area contributed by atoms with Crippen molar-refractivity contribution in [3.63, 3.8) is 0 Å². The first-order chi connectivity index (χ1) is 9.10. The van der Waals surface area contributed by atoms with Crippen LogP contribution in [0.25, 0.3) is 0 Å². The van der Waals surface area contributed by atoms with Crippen LogP contribution in [0.15, 0.2) is 22.2 Å². The minimum atomic E-state index is -0.120. The molecule has 2 aromatic heterocycles. The van der Waals surface area contributed by atoms with Crippen molar-refractivity contribution in [1.29, 1.82) is 0 Å². The summed E-state index contributed by atoms with van der Waals surface area (Å²) in [7, 11) is 1.64. The molecule has 7 heteroatoms. The zero-order chi connectivity index (χ0) is 13.8. The van der Waals surface area contributed by atoms with Crippen molar-refractivity contribution in [3.05, 3.63) is 32.7 Å². The van der Waals surface area contributed by atoms with E-state index in [1.165, 1.54) is 11.3 Å². The Morgan fingerprint density at radius 2 is 2.42 bits per heavy atom. The van der Waals surface area contributed by atoms with Gasteiger partial charge in [0, 0.05) is 13.3 Å². The number of carbonyl (C=O) groups excluding carboxylic acids is 1. The van der Waals surface area contributed by atoms with E-state index >= 15 is 0 Å². The monoisotopic (exact) mass is 343 g/mol. The molecule has 0 fully saturated rings. The van der Waals surface area contributed by atoms with E-state index in [0.717, 1.165) is 9.35 Å². The number of thiophene rings is 1. The van der Waals surface area contributed by atoms with Crippen molar-refractivity contribution in [3.8, 4) is 0 Å². The molecule has 102 valence electrons. The Hall–Kier alpha value is -1.18. The molecule has 1 N–H and O–H groups in total. The maximum atomic E-state index is 12.0. The number of halogens is 1. The Morgan fingerprint density at radius 3 is 3.05 bits per heavy atom. The number of carbonyl (C=O) groups is 1. The fraction of sp³-hybridized carbons (Fsp3) is 0.333. The van der Waals surface area contributed by atoms with E-state index in [2.05, 4.69) is 26.3 Å². The average molecular weight is 344 g/mol. The molecular weight excluding hydrogens is 330 g/mol. The summed E-state index contributed by atoms with van der Waals surface area (Å²) in [5, 5.41) is 6.96. The van der Waals surface area contributed by atoms with Gasteiger partial charge in [-0.2, -0.15) is 5.10 Å². The van der Waals surface area contributed by atoms with Crippen molar-refractivity contribution in [1.82, 2.24) is 9.78 Å². The number of rotatable bonds is 5. The quantitative estimate of drug-likeness (QED) is 0.907. The number of aromatic nitrogens is 2. The van der Waals surface area contributed by atoms with Gasteiger partial charge in [-0.3, -0.25) is 9.48 Å². The van der Waals surface area contributed by atoms with Gasteiger partial charge in [-0.1, -0.05) is 0 Å². The molecular formula is C12H14BrN3O2S. The van der Waals surface area contributed by atoms with E-state index in [1.807, 2.05) is 13.0 Å². The van der Waals surface area contributed by atoms with Crippen LogP contribution in [0.4, 0.5) is 5.69 Å². The summed E-state index contributed by atoms with van der Waals surface area (Å²) in [5.74, 6) is -0.120. The van der Waals surface area contributed by atoms with Crippen molar-refractivity contribution in [2.24, 2.45) is 0 Å². The van der Waals surface area contributed by atoms with Crippen molar-refractivity contribution in [2.75, 3.05) is 19.0 Å². The number of methoxy groups -OCH3 is 1. The highest BCUT2D eigenvalue weighted by Crippen LogP contribution is 2.27. The van der Waals surface area contributed by atoms with E-state index in [1.54, 1.807) is 24.2 Å². The summed E-state index contributed by atoms with van der Waals surface area (Å²) in [6, 6.07) is 1.86. The predicted octanol–water partition coefficient (Wildman–Crippen LogP) is 2.91. The van der Waals surface area contributed by atoms with Gasteiger partial charge in [0.1, 0.15) is 0 Å². The molecule has 0 saturated heterocycles. The molecule has 2 aromatic rings. The lowest BCUT2D eigenvalue weighted by Crippen LogP contribution is -2.09. The van der Waals surface area contributed by atoms with E-state index in [-0.39, 0.29) is 5.91 Å². The second-order valence-corrected chi connectivity index (χ2v) is 6.38. The van der Waals surface area contributed by atoms with Crippen molar-refractivity contribution >= 4 is 38.9 Å². The molecule has 0 atom stereocenters. The fourth-order valence-electron chi connectivity index (χ4n) is 1.50. The second kappa shape index (κ2) is 6.31. The lowest BCUT2D eigenvalue weighted by Gasteiger charge is -2.00. The molecule has 2 heterocycles. The Kier molecular flexibility index (Phi) is 4.73. The number of aryl methyl sites for hydroxylation is 1. The topological polar surface area (TPSA) is 56.1 Å². The molecule has 0 aromatic carbocycles. The smallest absolute Gasteiger partial charge is 0.265 e. The average Bonchev–Trinajstić information content (AvgIpc) is 2.95. The minimum Gasteiger partial charge on any atom is -0.383 e. The lowest BCUT2D eigenvalue weighted by atomic mass is 10.3. The summed E-state index contributed by atoms with van der Waals surface area (Å²) in [4.78, 5) is 12.7. The SMILES string of the molecule is COCCn1cc(NC(=O)c2cc(C)c(Br)s2)cn1. The third-order valence-electron chi connectivity index (χ3n) is 2.50. The van der Waals surface area contributed by atoms with E-state index in [0.29, 0.717) is 23.7 Å². The number of nitrogens with one attached hydrogen (secondary N) is 1. The summed E-state index contributed by atoms with van der Waals surface area (Å²) in [5.41, 5.74) is 1.74. The highest BCUT2D eigenvalue weighted by atomic mass is 79.9. The van der Waals surface area contributed by atoms with Gasteiger partial charge >= 0.3 is 0 Å². The molecule has 0 bridgehead atoms. The maximum Gasteiger partial charge on any atom is 0.265 e. The normalized spacial score (nSPS) is 10.7. The fourth-order valence-corrected chi connectivity index (χ4v) is 2.93. The third-order valence-corrected chi connectivity index (χ3v) is 4.63. The van der Waals surface area contributed by atoms with Gasteiger partial charge in [0.15, 0.2) is 0 Å². The van der Waals surface area contributed by atoms with Crippen LogP contribution in [-0.2, 0) is 11.3 Å². The molecule has 0 radical (unpaired) electrons. The first kappa shape index (κ1) is 14.2. The van der Waals surface area contributed by atoms with E-state index < -0.39 is 0 Å². The zero-order valence-corrected chi connectivity index (χ0v) is 13.0. The van der Waals surface area contributed by atoms with Crippen molar-refractivity contribution in [2.45, 2.75) is 13.5 Å². The first-order valence-corrected chi connectivity index (χ1v) is 7.30. The second-order valence-electron chi connectivity index (χ2n) is 4.01. The number of nitrogens with zero attached hydrogens (tertiary/aromatic N) is 2. The first-order valence-electron chi connectivity index (χ1n) is 5.69. The van der Waals surface area contributed by atoms with Gasteiger partial charge in [0.25, 0.3) is 5.91 Å². The number of anilines is 1. The lowest BCUT2D eigenvalue weighted by molar-refractivity contribution is 0.103. The van der Waals surface area contributed by atoms with Crippen LogP contribution < -0.4 is 5.32 Å². The molecule has 0 aliphatic carbocycles. The molecule has 5 nitrogen and oxygen atoms in total. The Balaban J connectivity index is 2.00. The summed E-state index contributed by atoms with van der Waals surface area (Å²) in [6.45, 7) is 3.21. The van der Waals surface area contributed by atoms with Gasteiger partial charge in [-0.05, 0) is 34.5 Å². The molecule has 0 spiro atoms. The van der Waals surface area contributed by atoms with Crippen LogP contribution >= 0.6 is 27.3 Å². The minimum absolute atomic E-state index is 0.120. The van der Waals surface area contributed by atoms with Crippen molar-refractivity contribution < 1.29 is 9.53 Å². The van der Waals surface area contributed by atoms with Gasteiger partial charge < -0.3 is 10.1 Å². The maximum absolute atomic E-state index is 12.0. The highest BCUT2D eigenvalue weighted by molar-refractivity contribution is 9.11. The Bertz CT molecular complexity index is 560. The van der Waals surface area contributed by atoms with E-state index in [9.17, 15) is 4.79 Å². The Morgan fingerprint density at radius 1 is 1.63 bits per heavy atom. The number of hydrogen-bond acceptors (Lipinski definition) is 4. The van der Waals surface area contributed by atoms with Gasteiger partial charge in [-0.25, -0.2) is 0 Å². The van der Waals surface area contributed by atoms with Crippen LogP contribution in [0.3, 0.4) is 0 Å². The van der Waals surface area contributed by atoms with Crippen LogP contribution in [0, 0.1) is 6.92 Å². The predicted molar refractivity (Wildman–Crippen MR) is 78.8 cm³/mol. The Labute approximate surface area is 123 Å². The van der Waals surface area contributed by atoms with Crippen LogP contribution in [0.1, 0.15) is 15.2 Å². The summed E-state index contributed by atoms with van der Waals surface area (Å²) in [6.07, 6.45) is 3.41. The number of ether oxygens (including phenoxy) is 1. The molecule has 0 aliphatic rings. The molecule has 19 heavy (non-hydrogen) atoms. The van der Waals surface area contributed by atoms with Gasteiger partial charge in [0.2, 0.25) is 0 Å². The van der Waals surface area contributed by atoms with Crippen LogP contribution in [0.2, 0.25) is 0 Å². The largest absolute Gasteiger partial charge is 0.383 e. The summed E-state index contributed by atoms with van der Waals surface area (Å²) < 4.78 is 7.68. The molecule has 0 aliphatic heterocycles. The zero-order valence-electron chi connectivity index (χ0n) is 10.6. The van der Waals surface area contributed by atoms with Gasteiger partial charge in [0.05, 0.1) is 33.7 Å². The highest BCUT2D eigenvalue weighted by Gasteiger charge is 2.12. The standard InChI is InChI=1S/C12H14BrN3O2S/c1-8-5-10(19-11(8)13)12(17)15-9-6-14-16(7-9)3-4-18-2/h5-7H,3-4H2,1-2H3,(H,15,17). The summed E-state index contributed by atoms with van der Waals surface area (Å²) >= 11 is 4.83. The van der Waals surface area contributed by atoms with Crippen LogP contribution in [0.5, 0.6) is 0 Å². The number of amides is 1. The van der Waals surface area contributed by atoms with Gasteiger partial charge in [-0.15, -0.1) is 11.3 Å². The molecule has 2 rings (SSSR count). The third kappa shape index (κ3) is 3.65. The van der Waals surface area contributed by atoms with E-state index in [4.69, 9.17) is 4.74 Å². The molecule has 1 amide bonds. The number of hydrogen-bond donors (Lipinski definition) is 1. The molecule has 0 saturated carbocycles. The van der Waals surface area contributed by atoms with Crippen LogP contribution in [-0.4, -0.2) is 29.4 Å².